The van der Waals surface area contributed by atoms with E-state index in [1.165, 1.54) is 11.5 Å². The topological polar surface area (TPSA) is 71.8 Å². The van der Waals surface area contributed by atoms with Crippen molar-refractivity contribution in [2.75, 3.05) is 12.4 Å². The molecule has 0 radical (unpaired) electrons. The summed E-state index contributed by atoms with van der Waals surface area (Å²) in [4.78, 5) is 12.7. The Morgan fingerprint density at radius 2 is 2.08 bits per heavy atom. The molecule has 0 saturated carbocycles. The van der Waals surface area contributed by atoms with Gasteiger partial charge in [-0.3, -0.25) is 4.79 Å². The van der Waals surface area contributed by atoms with E-state index in [-0.39, 0.29) is 11.9 Å². The average molecular weight is 341 g/mol. The number of carbonyl (C=O) groups excluding carboxylic acids is 1. The maximum Gasteiger partial charge on any atom is 0.256 e. The molecule has 124 valence electrons. The lowest BCUT2D eigenvalue weighted by Crippen LogP contribution is -2.28. The number of rotatable bonds is 5. The molecule has 3 rings (SSSR count). The van der Waals surface area contributed by atoms with Crippen LogP contribution in [0, 0.1) is 6.92 Å². The highest BCUT2D eigenvalue weighted by Crippen LogP contribution is 2.26. The predicted octanol–water partition coefficient (Wildman–Crippen LogP) is 3.17. The first kappa shape index (κ1) is 16.2. The summed E-state index contributed by atoms with van der Waals surface area (Å²) in [5.74, 6) is -0.131. The number of anilines is 1. The fourth-order valence-corrected chi connectivity index (χ4v) is 3.37. The number of amides is 1. The number of aryl methyl sites for hydroxylation is 1. The number of nitrogens with one attached hydrogen (secondary N) is 2. The monoisotopic (exact) mass is 341 g/mol. The first-order valence-corrected chi connectivity index (χ1v) is 8.43. The Bertz CT molecular complexity index is 841. The second-order valence-electron chi connectivity index (χ2n) is 5.43. The third-order valence-corrected chi connectivity index (χ3v) is 4.77. The van der Waals surface area contributed by atoms with Gasteiger partial charge in [-0.15, -0.1) is 0 Å². The second kappa shape index (κ2) is 6.84. The van der Waals surface area contributed by atoms with Crippen LogP contribution >= 0.6 is 11.5 Å². The normalized spacial score (nSPS) is 12.0. The minimum Gasteiger partial charge on any atom is -0.378 e. The molecule has 3 aromatic rings. The molecule has 0 unspecified atom stereocenters. The number of nitrogens with zero attached hydrogens (tertiary/aromatic N) is 3. The van der Waals surface area contributed by atoms with E-state index in [2.05, 4.69) is 20.1 Å². The number of carbonyl (C=O) groups is 1. The van der Waals surface area contributed by atoms with Crippen molar-refractivity contribution >= 4 is 22.4 Å². The standard InChI is InChI=1S/C17H19N5OS/c1-11(20-16(23)15-12(2)21-24-17(15)18-3)13-7-4-5-8-14(13)22-10-6-9-19-22/h4-11,18H,1-3H3,(H,20,23)/t11-/m0/s1. The molecule has 0 fully saturated rings. The van der Waals surface area contributed by atoms with Gasteiger partial charge in [0.15, 0.2) is 0 Å². The average Bonchev–Trinajstić information content (AvgIpc) is 3.24. The molecule has 0 spiro atoms. The van der Waals surface area contributed by atoms with Gasteiger partial charge in [-0.25, -0.2) is 4.68 Å². The summed E-state index contributed by atoms with van der Waals surface area (Å²) >= 11 is 1.29. The molecule has 2 aromatic heterocycles. The van der Waals surface area contributed by atoms with Crippen molar-refractivity contribution in [2.45, 2.75) is 19.9 Å². The molecule has 24 heavy (non-hydrogen) atoms. The molecule has 0 aliphatic heterocycles. The lowest BCUT2D eigenvalue weighted by atomic mass is 10.1. The molecular weight excluding hydrogens is 322 g/mol. The third kappa shape index (κ3) is 3.03. The SMILES string of the molecule is CNc1snc(C)c1C(=O)N[C@@H](C)c1ccccc1-n1cccn1. The molecule has 0 bridgehead atoms. The summed E-state index contributed by atoms with van der Waals surface area (Å²) in [6, 6.07) is 9.62. The van der Waals surface area contributed by atoms with Gasteiger partial charge in [0.25, 0.3) is 5.91 Å². The molecular formula is C17H19N5OS. The Labute approximate surface area is 144 Å². The Hall–Kier alpha value is -2.67. The fraction of sp³-hybridized carbons (Fsp3) is 0.235. The Kier molecular flexibility index (Phi) is 4.61. The summed E-state index contributed by atoms with van der Waals surface area (Å²) in [6.07, 6.45) is 3.62. The number of aromatic nitrogens is 3. The summed E-state index contributed by atoms with van der Waals surface area (Å²) in [7, 11) is 1.79. The first-order chi connectivity index (χ1) is 11.6. The molecule has 1 aromatic carbocycles. The van der Waals surface area contributed by atoms with E-state index in [1.54, 1.807) is 17.9 Å². The van der Waals surface area contributed by atoms with Crippen molar-refractivity contribution in [2.24, 2.45) is 0 Å². The van der Waals surface area contributed by atoms with E-state index in [1.807, 2.05) is 50.4 Å². The van der Waals surface area contributed by atoms with E-state index in [9.17, 15) is 4.79 Å². The number of hydrogen-bond acceptors (Lipinski definition) is 5. The highest BCUT2D eigenvalue weighted by Gasteiger charge is 2.21. The minimum absolute atomic E-state index is 0.131. The van der Waals surface area contributed by atoms with E-state index in [0.717, 1.165) is 21.9 Å². The molecule has 2 heterocycles. The van der Waals surface area contributed by atoms with Crippen LogP contribution in [-0.4, -0.2) is 27.1 Å². The fourth-order valence-electron chi connectivity index (χ4n) is 2.63. The number of benzene rings is 1. The van der Waals surface area contributed by atoms with Gasteiger partial charge in [0.1, 0.15) is 5.00 Å². The zero-order valence-corrected chi connectivity index (χ0v) is 14.6. The van der Waals surface area contributed by atoms with Gasteiger partial charge in [-0.2, -0.15) is 9.47 Å². The van der Waals surface area contributed by atoms with Gasteiger partial charge in [0, 0.05) is 19.4 Å². The largest absolute Gasteiger partial charge is 0.378 e. The van der Waals surface area contributed by atoms with E-state index >= 15 is 0 Å². The first-order valence-electron chi connectivity index (χ1n) is 7.65. The van der Waals surface area contributed by atoms with Crippen LogP contribution in [-0.2, 0) is 0 Å². The highest BCUT2D eigenvalue weighted by molar-refractivity contribution is 7.10. The van der Waals surface area contributed by atoms with Gasteiger partial charge in [0.2, 0.25) is 0 Å². The molecule has 0 saturated heterocycles. The van der Waals surface area contributed by atoms with E-state index < -0.39 is 0 Å². The quantitative estimate of drug-likeness (QED) is 0.748. The van der Waals surface area contributed by atoms with Crippen LogP contribution in [0.4, 0.5) is 5.00 Å². The van der Waals surface area contributed by atoms with Gasteiger partial charge in [0.05, 0.1) is 23.0 Å². The van der Waals surface area contributed by atoms with Crippen molar-refractivity contribution in [1.29, 1.82) is 0 Å². The van der Waals surface area contributed by atoms with E-state index in [0.29, 0.717) is 5.56 Å². The lowest BCUT2D eigenvalue weighted by molar-refractivity contribution is 0.0940. The maximum absolute atomic E-state index is 12.7. The van der Waals surface area contributed by atoms with Crippen molar-refractivity contribution in [3.8, 4) is 5.69 Å². The lowest BCUT2D eigenvalue weighted by Gasteiger charge is -2.18. The zero-order chi connectivity index (χ0) is 17.1. The van der Waals surface area contributed by atoms with Crippen molar-refractivity contribution < 1.29 is 4.79 Å². The highest BCUT2D eigenvalue weighted by atomic mass is 32.1. The molecule has 1 amide bonds. The second-order valence-corrected chi connectivity index (χ2v) is 6.20. The molecule has 6 nitrogen and oxygen atoms in total. The van der Waals surface area contributed by atoms with Crippen LogP contribution in [0.2, 0.25) is 0 Å². The van der Waals surface area contributed by atoms with Gasteiger partial charge in [-0.1, -0.05) is 18.2 Å². The van der Waals surface area contributed by atoms with Crippen LogP contribution < -0.4 is 10.6 Å². The number of para-hydroxylation sites is 1. The van der Waals surface area contributed by atoms with Gasteiger partial charge in [-0.05, 0) is 43.1 Å². The third-order valence-electron chi connectivity index (χ3n) is 3.82. The van der Waals surface area contributed by atoms with Crippen molar-refractivity contribution in [3.63, 3.8) is 0 Å². The molecule has 7 heteroatoms. The summed E-state index contributed by atoms with van der Waals surface area (Å²) in [6.45, 7) is 3.81. The maximum atomic E-state index is 12.7. The summed E-state index contributed by atoms with van der Waals surface area (Å²) in [5, 5.41) is 11.1. The Morgan fingerprint density at radius 1 is 1.29 bits per heavy atom. The molecule has 0 aliphatic rings. The van der Waals surface area contributed by atoms with Crippen LogP contribution in [0.15, 0.2) is 42.7 Å². The predicted molar refractivity (Wildman–Crippen MR) is 95.8 cm³/mol. The molecule has 0 aliphatic carbocycles. The van der Waals surface area contributed by atoms with Crippen LogP contribution in [0.1, 0.15) is 34.6 Å². The molecule has 1 atom stereocenters. The molecule has 2 N–H and O–H groups in total. The van der Waals surface area contributed by atoms with Crippen LogP contribution in [0.5, 0.6) is 0 Å². The van der Waals surface area contributed by atoms with E-state index in [4.69, 9.17) is 0 Å². The van der Waals surface area contributed by atoms with Crippen LogP contribution in [0.3, 0.4) is 0 Å². The zero-order valence-electron chi connectivity index (χ0n) is 13.8. The number of hydrogen-bond donors (Lipinski definition) is 2. The minimum atomic E-state index is -0.165. The van der Waals surface area contributed by atoms with Crippen molar-refractivity contribution in [1.82, 2.24) is 19.5 Å². The van der Waals surface area contributed by atoms with Crippen molar-refractivity contribution in [3.05, 3.63) is 59.5 Å². The smallest absolute Gasteiger partial charge is 0.256 e. The Morgan fingerprint density at radius 3 is 2.79 bits per heavy atom. The summed E-state index contributed by atoms with van der Waals surface area (Å²) in [5.41, 5.74) is 3.28. The van der Waals surface area contributed by atoms with Gasteiger partial charge < -0.3 is 10.6 Å². The van der Waals surface area contributed by atoms with Crippen LogP contribution in [0.25, 0.3) is 5.69 Å². The Balaban J connectivity index is 1.87. The van der Waals surface area contributed by atoms with Gasteiger partial charge >= 0.3 is 0 Å². The summed E-state index contributed by atoms with van der Waals surface area (Å²) < 4.78 is 6.05.